The SMILES string of the molecule is Cn1nc(C2CCCNC2)cc1-c1ccc(F)cc1. The maximum atomic E-state index is 13.0. The number of piperidine rings is 1. The second kappa shape index (κ2) is 5.13. The lowest BCUT2D eigenvalue weighted by Crippen LogP contribution is -2.28. The average Bonchev–Trinajstić information content (AvgIpc) is 2.83. The van der Waals surface area contributed by atoms with E-state index in [0.717, 1.165) is 30.0 Å². The number of halogens is 1. The molecule has 0 saturated carbocycles. The van der Waals surface area contributed by atoms with Gasteiger partial charge in [0.25, 0.3) is 0 Å². The third-order valence-electron chi connectivity index (χ3n) is 3.75. The van der Waals surface area contributed by atoms with Gasteiger partial charge < -0.3 is 5.32 Å². The number of rotatable bonds is 2. The summed E-state index contributed by atoms with van der Waals surface area (Å²) in [4.78, 5) is 0. The van der Waals surface area contributed by atoms with Crippen LogP contribution in [0.3, 0.4) is 0 Å². The zero-order chi connectivity index (χ0) is 13.2. The molecule has 3 nitrogen and oxygen atoms in total. The minimum atomic E-state index is -0.206. The molecule has 1 saturated heterocycles. The maximum absolute atomic E-state index is 13.0. The van der Waals surface area contributed by atoms with Crippen molar-refractivity contribution in [3.63, 3.8) is 0 Å². The molecule has 100 valence electrons. The van der Waals surface area contributed by atoms with Crippen LogP contribution in [0.15, 0.2) is 30.3 Å². The maximum Gasteiger partial charge on any atom is 0.123 e. The van der Waals surface area contributed by atoms with E-state index in [-0.39, 0.29) is 5.82 Å². The third-order valence-corrected chi connectivity index (χ3v) is 3.75. The number of nitrogens with zero attached hydrogens (tertiary/aromatic N) is 2. The van der Waals surface area contributed by atoms with Crippen molar-refractivity contribution in [2.24, 2.45) is 7.05 Å². The molecule has 1 fully saturated rings. The van der Waals surface area contributed by atoms with Gasteiger partial charge in [0.05, 0.1) is 11.4 Å². The van der Waals surface area contributed by atoms with Crippen molar-refractivity contribution in [3.05, 3.63) is 41.8 Å². The molecule has 0 spiro atoms. The minimum absolute atomic E-state index is 0.206. The smallest absolute Gasteiger partial charge is 0.123 e. The first kappa shape index (κ1) is 12.4. The molecule has 0 bridgehead atoms. The predicted molar refractivity (Wildman–Crippen MR) is 73.4 cm³/mol. The Morgan fingerprint density at radius 2 is 2.11 bits per heavy atom. The van der Waals surface area contributed by atoms with Gasteiger partial charge >= 0.3 is 0 Å². The van der Waals surface area contributed by atoms with Gasteiger partial charge in [0.15, 0.2) is 0 Å². The molecule has 0 aliphatic carbocycles. The van der Waals surface area contributed by atoms with Crippen LogP contribution in [-0.4, -0.2) is 22.9 Å². The number of aryl methyl sites for hydroxylation is 1. The summed E-state index contributed by atoms with van der Waals surface area (Å²) in [6.45, 7) is 2.11. The van der Waals surface area contributed by atoms with Gasteiger partial charge in [0.2, 0.25) is 0 Å². The fourth-order valence-electron chi connectivity index (χ4n) is 2.68. The monoisotopic (exact) mass is 259 g/mol. The Bertz CT molecular complexity index is 553. The Labute approximate surface area is 112 Å². The molecule has 3 rings (SSSR count). The highest BCUT2D eigenvalue weighted by atomic mass is 19.1. The van der Waals surface area contributed by atoms with Crippen molar-refractivity contribution >= 4 is 0 Å². The van der Waals surface area contributed by atoms with E-state index in [2.05, 4.69) is 16.5 Å². The lowest BCUT2D eigenvalue weighted by atomic mass is 9.96. The van der Waals surface area contributed by atoms with Crippen LogP contribution in [0.1, 0.15) is 24.5 Å². The van der Waals surface area contributed by atoms with Crippen LogP contribution in [0.2, 0.25) is 0 Å². The molecule has 1 aliphatic rings. The predicted octanol–water partition coefficient (Wildman–Crippen LogP) is 2.69. The second-order valence-electron chi connectivity index (χ2n) is 5.13. The van der Waals surface area contributed by atoms with Crippen LogP contribution < -0.4 is 5.32 Å². The van der Waals surface area contributed by atoms with Gasteiger partial charge in [-0.1, -0.05) is 0 Å². The Kier molecular flexibility index (Phi) is 3.34. The molecule has 1 aromatic carbocycles. The first-order chi connectivity index (χ1) is 9.24. The van der Waals surface area contributed by atoms with Crippen molar-refractivity contribution < 1.29 is 4.39 Å². The molecule has 19 heavy (non-hydrogen) atoms. The van der Waals surface area contributed by atoms with Crippen LogP contribution in [0.5, 0.6) is 0 Å². The van der Waals surface area contributed by atoms with Gasteiger partial charge in [-0.25, -0.2) is 4.39 Å². The summed E-state index contributed by atoms with van der Waals surface area (Å²) in [7, 11) is 1.94. The number of aromatic nitrogens is 2. The molecule has 4 heteroatoms. The summed E-state index contributed by atoms with van der Waals surface area (Å²) in [5.41, 5.74) is 3.18. The zero-order valence-corrected chi connectivity index (χ0v) is 11.1. The molecule has 2 heterocycles. The lowest BCUT2D eigenvalue weighted by Gasteiger charge is -2.20. The van der Waals surface area contributed by atoms with Gasteiger partial charge in [-0.2, -0.15) is 5.10 Å². The highest BCUT2D eigenvalue weighted by Crippen LogP contribution is 2.27. The summed E-state index contributed by atoms with van der Waals surface area (Å²) in [5, 5.41) is 8.03. The zero-order valence-electron chi connectivity index (χ0n) is 11.1. The first-order valence-corrected chi connectivity index (χ1v) is 6.74. The quantitative estimate of drug-likeness (QED) is 0.898. The lowest BCUT2D eigenvalue weighted by molar-refractivity contribution is 0.451. The normalized spacial score (nSPS) is 19.6. The number of hydrogen-bond donors (Lipinski definition) is 1. The van der Waals surface area contributed by atoms with Gasteiger partial charge in [0.1, 0.15) is 5.82 Å². The number of nitrogens with one attached hydrogen (secondary N) is 1. The number of benzene rings is 1. The molecule has 0 radical (unpaired) electrons. The van der Waals surface area contributed by atoms with Gasteiger partial charge in [-0.05, 0) is 55.3 Å². The van der Waals surface area contributed by atoms with E-state index in [1.165, 1.54) is 25.0 Å². The van der Waals surface area contributed by atoms with Crippen molar-refractivity contribution in [1.29, 1.82) is 0 Å². The summed E-state index contributed by atoms with van der Waals surface area (Å²) < 4.78 is 14.9. The molecular weight excluding hydrogens is 241 g/mol. The number of hydrogen-bond acceptors (Lipinski definition) is 2. The van der Waals surface area contributed by atoms with Gasteiger partial charge in [-0.15, -0.1) is 0 Å². The molecule has 1 N–H and O–H groups in total. The summed E-state index contributed by atoms with van der Waals surface area (Å²) in [6, 6.07) is 8.71. The van der Waals surface area contributed by atoms with Gasteiger partial charge in [-0.3, -0.25) is 4.68 Å². The Balaban J connectivity index is 1.90. The summed E-state index contributed by atoms with van der Waals surface area (Å²) in [5.74, 6) is 0.289. The fourth-order valence-corrected chi connectivity index (χ4v) is 2.68. The average molecular weight is 259 g/mol. The van der Waals surface area contributed by atoms with E-state index in [1.807, 2.05) is 11.7 Å². The molecule has 0 amide bonds. The Morgan fingerprint density at radius 1 is 1.32 bits per heavy atom. The summed E-state index contributed by atoms with van der Waals surface area (Å²) in [6.07, 6.45) is 2.39. The third kappa shape index (κ3) is 2.54. The van der Waals surface area contributed by atoms with Crippen LogP contribution in [0.25, 0.3) is 11.3 Å². The van der Waals surface area contributed by atoms with E-state index >= 15 is 0 Å². The minimum Gasteiger partial charge on any atom is -0.316 e. The first-order valence-electron chi connectivity index (χ1n) is 6.74. The van der Waals surface area contributed by atoms with E-state index in [4.69, 9.17) is 0 Å². The molecule has 1 aromatic heterocycles. The van der Waals surface area contributed by atoms with Crippen molar-refractivity contribution in [2.75, 3.05) is 13.1 Å². The summed E-state index contributed by atoms with van der Waals surface area (Å²) >= 11 is 0. The Morgan fingerprint density at radius 3 is 2.79 bits per heavy atom. The largest absolute Gasteiger partial charge is 0.316 e. The van der Waals surface area contributed by atoms with E-state index in [9.17, 15) is 4.39 Å². The Hall–Kier alpha value is -1.68. The molecule has 1 atom stereocenters. The molecule has 1 aliphatic heterocycles. The van der Waals surface area contributed by atoms with Crippen LogP contribution >= 0.6 is 0 Å². The van der Waals surface area contributed by atoms with Crippen molar-refractivity contribution in [3.8, 4) is 11.3 Å². The van der Waals surface area contributed by atoms with E-state index in [0.29, 0.717) is 5.92 Å². The highest BCUT2D eigenvalue weighted by Gasteiger charge is 2.19. The molecule has 2 aromatic rings. The van der Waals surface area contributed by atoms with E-state index < -0.39 is 0 Å². The standard InChI is InChI=1S/C15H18FN3/c1-19-15(11-4-6-13(16)7-5-11)9-14(18-19)12-3-2-8-17-10-12/h4-7,9,12,17H,2-3,8,10H2,1H3. The van der Waals surface area contributed by atoms with Crippen molar-refractivity contribution in [1.82, 2.24) is 15.1 Å². The van der Waals surface area contributed by atoms with Crippen molar-refractivity contribution in [2.45, 2.75) is 18.8 Å². The molecule has 1 unspecified atom stereocenters. The highest BCUT2D eigenvalue weighted by molar-refractivity contribution is 5.60. The fraction of sp³-hybridized carbons (Fsp3) is 0.400. The van der Waals surface area contributed by atoms with Gasteiger partial charge in [0, 0.05) is 19.5 Å². The van der Waals surface area contributed by atoms with Crippen LogP contribution in [-0.2, 0) is 7.05 Å². The van der Waals surface area contributed by atoms with Crippen LogP contribution in [0.4, 0.5) is 4.39 Å². The topological polar surface area (TPSA) is 29.9 Å². The van der Waals surface area contributed by atoms with Crippen LogP contribution in [0, 0.1) is 5.82 Å². The second-order valence-corrected chi connectivity index (χ2v) is 5.13. The molecular formula is C15H18FN3. The van der Waals surface area contributed by atoms with E-state index in [1.54, 1.807) is 12.1 Å².